The summed E-state index contributed by atoms with van der Waals surface area (Å²) in [5, 5.41) is 1.13. The highest BCUT2D eigenvalue weighted by Crippen LogP contribution is 2.48. The molecule has 0 aliphatic carbocycles. The molecule has 0 saturated heterocycles. The summed E-state index contributed by atoms with van der Waals surface area (Å²) in [6, 6.07) is 0. The van der Waals surface area contributed by atoms with Crippen LogP contribution in [0.5, 0.6) is 0 Å². The van der Waals surface area contributed by atoms with Crippen molar-refractivity contribution in [3.8, 4) is 0 Å². The van der Waals surface area contributed by atoms with Crippen molar-refractivity contribution in [2.24, 2.45) is 0 Å². The van der Waals surface area contributed by atoms with Gasteiger partial charge in [0.2, 0.25) is 0 Å². The highest BCUT2D eigenvalue weighted by molar-refractivity contribution is 8.01. The van der Waals surface area contributed by atoms with E-state index in [1.165, 1.54) is 29.4 Å². The molecule has 4 rings (SSSR count). The van der Waals surface area contributed by atoms with Crippen LogP contribution < -0.4 is 5.73 Å². The van der Waals surface area contributed by atoms with Gasteiger partial charge in [-0.25, -0.2) is 19.9 Å². The fourth-order valence-corrected chi connectivity index (χ4v) is 6.79. The molecule has 0 amide bonds. The number of nitrogen functional groups attached to an aromatic ring is 1. The second-order valence-corrected chi connectivity index (χ2v) is 11.0. The summed E-state index contributed by atoms with van der Waals surface area (Å²) >= 11 is 9.01. The van der Waals surface area contributed by atoms with Crippen LogP contribution in [-0.4, -0.2) is 48.9 Å². The van der Waals surface area contributed by atoms with Crippen LogP contribution in [0.4, 0.5) is 5.82 Å². The van der Waals surface area contributed by atoms with E-state index in [1.54, 1.807) is 26.2 Å². The van der Waals surface area contributed by atoms with E-state index in [-0.39, 0.29) is 12.0 Å². The van der Waals surface area contributed by atoms with Gasteiger partial charge in [-0.15, -0.1) is 11.3 Å². The van der Waals surface area contributed by atoms with Crippen molar-refractivity contribution in [1.82, 2.24) is 29.5 Å². The molecule has 2 N–H and O–H groups in total. The largest absolute Gasteiger partial charge is 0.382 e. The van der Waals surface area contributed by atoms with E-state index in [4.69, 9.17) is 26.4 Å². The highest BCUT2D eigenvalue weighted by Gasteiger charge is 2.26. The van der Waals surface area contributed by atoms with Crippen molar-refractivity contribution in [1.29, 1.82) is 0 Å². The normalized spacial score (nSPS) is 12.2. The van der Waals surface area contributed by atoms with Gasteiger partial charge in [-0.05, 0) is 25.6 Å². The van der Waals surface area contributed by atoms with Gasteiger partial charge in [0.1, 0.15) is 11.8 Å². The average molecular weight is 500 g/mol. The number of halogens is 1. The Kier molecular flexibility index (Phi) is 6.75. The van der Waals surface area contributed by atoms with Gasteiger partial charge in [-0.1, -0.05) is 11.6 Å². The Morgan fingerprint density at radius 3 is 2.71 bits per heavy atom. The van der Waals surface area contributed by atoms with Crippen LogP contribution in [0.25, 0.3) is 21.4 Å². The predicted octanol–water partition coefficient (Wildman–Crippen LogP) is 4.48. The average Bonchev–Trinajstić information content (AvgIpc) is 3.30. The first-order chi connectivity index (χ1) is 14.9. The van der Waals surface area contributed by atoms with Crippen LogP contribution in [0.1, 0.15) is 13.8 Å². The molecule has 0 bridgehead atoms. The molecule has 0 aliphatic heterocycles. The lowest BCUT2D eigenvalue weighted by Crippen LogP contribution is -2.09. The number of rotatable bonds is 9. The minimum Gasteiger partial charge on any atom is -0.382 e. The second kappa shape index (κ2) is 9.35. The standard InChI is InChI=1S/C17H19ClN7O3PS2/c1-3-27-29(26,28-4-2)6-5-25-15-12(14(19)21-9-22-15)24-16(25)31-17-23-11-8-20-7-10(18)13(11)30-17/h7-9H,3-6H2,1-2H3,(H2,19,21,22). The number of nitrogens with two attached hydrogens (primary N) is 1. The maximum absolute atomic E-state index is 13.0. The topological polar surface area (TPSA) is 131 Å². The number of anilines is 1. The minimum atomic E-state index is -3.25. The summed E-state index contributed by atoms with van der Waals surface area (Å²) in [7, 11) is -3.25. The highest BCUT2D eigenvalue weighted by atomic mass is 35.5. The van der Waals surface area contributed by atoms with Crippen molar-refractivity contribution in [2.45, 2.75) is 29.9 Å². The molecule has 0 fully saturated rings. The van der Waals surface area contributed by atoms with Gasteiger partial charge in [0.05, 0.1) is 35.3 Å². The minimum absolute atomic E-state index is 0.160. The van der Waals surface area contributed by atoms with E-state index in [0.29, 0.717) is 46.6 Å². The maximum Gasteiger partial charge on any atom is 0.332 e. The number of hydrogen-bond acceptors (Lipinski definition) is 11. The molecule has 4 heterocycles. The van der Waals surface area contributed by atoms with Crippen LogP contribution in [0, 0.1) is 0 Å². The van der Waals surface area contributed by atoms with E-state index >= 15 is 0 Å². The van der Waals surface area contributed by atoms with Crippen molar-refractivity contribution in [2.75, 3.05) is 25.1 Å². The summed E-state index contributed by atoms with van der Waals surface area (Å²) in [6.45, 7) is 4.44. The molecule has 0 aromatic carbocycles. The SMILES string of the molecule is CCOP(=O)(CCn1c(Sc2nc3cncc(Cl)c3s2)nc2c(N)ncnc21)OCC. The molecule has 10 nitrogen and oxygen atoms in total. The lowest BCUT2D eigenvalue weighted by atomic mass is 10.4. The number of aromatic nitrogens is 6. The maximum atomic E-state index is 13.0. The lowest BCUT2D eigenvalue weighted by Gasteiger charge is -2.17. The summed E-state index contributed by atoms with van der Waals surface area (Å²) < 4.78 is 27.2. The number of imidazole rings is 1. The van der Waals surface area contributed by atoms with Crippen LogP contribution in [-0.2, 0) is 20.2 Å². The van der Waals surface area contributed by atoms with Crippen molar-refractivity contribution in [3.63, 3.8) is 0 Å². The van der Waals surface area contributed by atoms with Gasteiger partial charge < -0.3 is 19.3 Å². The van der Waals surface area contributed by atoms with E-state index in [2.05, 4.69) is 24.9 Å². The Balaban J connectivity index is 1.71. The molecular weight excluding hydrogens is 481 g/mol. The Hall–Kier alpha value is -1.82. The third kappa shape index (κ3) is 4.69. The van der Waals surface area contributed by atoms with Crippen molar-refractivity contribution >= 4 is 69.5 Å². The fraction of sp³-hybridized carbons (Fsp3) is 0.353. The zero-order valence-electron chi connectivity index (χ0n) is 16.7. The first-order valence-electron chi connectivity index (χ1n) is 9.36. The van der Waals surface area contributed by atoms with Gasteiger partial charge in [-0.2, -0.15) is 0 Å². The van der Waals surface area contributed by atoms with Gasteiger partial charge in [0.15, 0.2) is 26.5 Å². The Morgan fingerprint density at radius 1 is 1.23 bits per heavy atom. The molecule has 0 saturated carbocycles. The Morgan fingerprint density at radius 2 is 2.00 bits per heavy atom. The van der Waals surface area contributed by atoms with Crippen molar-refractivity contribution < 1.29 is 13.6 Å². The van der Waals surface area contributed by atoms with Crippen LogP contribution in [0.3, 0.4) is 0 Å². The van der Waals surface area contributed by atoms with Gasteiger partial charge in [0, 0.05) is 12.7 Å². The van der Waals surface area contributed by atoms with E-state index < -0.39 is 7.60 Å². The van der Waals surface area contributed by atoms with Gasteiger partial charge >= 0.3 is 7.60 Å². The molecule has 4 aromatic heterocycles. The molecule has 31 heavy (non-hydrogen) atoms. The lowest BCUT2D eigenvalue weighted by molar-refractivity contribution is 0.219. The number of aryl methyl sites for hydroxylation is 1. The number of hydrogen-bond donors (Lipinski definition) is 1. The third-order valence-electron chi connectivity index (χ3n) is 4.19. The molecule has 164 valence electrons. The Bertz CT molecular complexity index is 1270. The van der Waals surface area contributed by atoms with Crippen LogP contribution in [0.15, 0.2) is 28.2 Å². The fourth-order valence-electron chi connectivity index (χ4n) is 2.92. The molecule has 0 radical (unpaired) electrons. The van der Waals surface area contributed by atoms with E-state index in [0.717, 1.165) is 9.04 Å². The number of pyridine rings is 1. The quantitative estimate of drug-likeness (QED) is 0.328. The second-order valence-electron chi connectivity index (χ2n) is 6.20. The summed E-state index contributed by atoms with van der Waals surface area (Å²) in [6.07, 6.45) is 4.78. The van der Waals surface area contributed by atoms with E-state index in [9.17, 15) is 4.57 Å². The zero-order chi connectivity index (χ0) is 22.0. The molecule has 0 spiro atoms. The monoisotopic (exact) mass is 499 g/mol. The summed E-state index contributed by atoms with van der Waals surface area (Å²) in [5.41, 5.74) is 7.72. The smallest absolute Gasteiger partial charge is 0.332 e. The van der Waals surface area contributed by atoms with Gasteiger partial charge in [-0.3, -0.25) is 9.55 Å². The number of nitrogens with zero attached hydrogens (tertiary/aromatic N) is 6. The Labute approximate surface area is 191 Å². The van der Waals surface area contributed by atoms with Crippen molar-refractivity contribution in [3.05, 3.63) is 23.7 Å². The molecule has 14 heteroatoms. The molecular formula is C17H19ClN7O3PS2. The van der Waals surface area contributed by atoms with Crippen LogP contribution >= 0.6 is 42.3 Å². The third-order valence-corrected chi connectivity index (χ3v) is 8.80. The zero-order valence-corrected chi connectivity index (χ0v) is 20.0. The molecule has 0 aliphatic rings. The number of fused-ring (bicyclic) bond motifs is 2. The molecule has 0 unspecified atom stereocenters. The van der Waals surface area contributed by atoms with Crippen LogP contribution in [0.2, 0.25) is 5.02 Å². The summed E-state index contributed by atoms with van der Waals surface area (Å²) in [4.78, 5) is 21.6. The van der Waals surface area contributed by atoms with Gasteiger partial charge in [0.25, 0.3) is 0 Å². The van der Waals surface area contributed by atoms with E-state index in [1.807, 2.05) is 4.57 Å². The summed E-state index contributed by atoms with van der Waals surface area (Å²) in [5.74, 6) is 0.264. The predicted molar refractivity (Wildman–Crippen MR) is 122 cm³/mol. The first kappa shape index (κ1) is 22.4. The number of thiazole rings is 1. The molecule has 4 aromatic rings. The first-order valence-corrected chi connectivity index (χ1v) is 13.1. The molecule has 0 atom stereocenters.